The van der Waals surface area contributed by atoms with Crippen LogP contribution in [0.1, 0.15) is 29.8 Å². The number of hydrogen-bond acceptors (Lipinski definition) is 3. The lowest BCUT2D eigenvalue weighted by Crippen LogP contribution is -2.43. The monoisotopic (exact) mass is 272 g/mol. The molecule has 2 N–H and O–H groups in total. The topological polar surface area (TPSA) is 45.2 Å². The summed E-state index contributed by atoms with van der Waals surface area (Å²) in [5, 5.41) is 14.2. The maximum absolute atomic E-state index is 13.0. The maximum Gasteiger partial charge on any atom is 0.141 e. The summed E-state index contributed by atoms with van der Waals surface area (Å²) >= 11 is 0. The first-order valence-corrected chi connectivity index (χ1v) is 6.74. The van der Waals surface area contributed by atoms with Crippen LogP contribution in [-0.4, -0.2) is 16.6 Å². The molecule has 2 heterocycles. The Morgan fingerprint density at radius 2 is 2.10 bits per heavy atom. The van der Waals surface area contributed by atoms with Gasteiger partial charge in [-0.3, -0.25) is 4.98 Å². The lowest BCUT2D eigenvalue weighted by atomic mass is 9.82. The molecule has 20 heavy (non-hydrogen) atoms. The van der Waals surface area contributed by atoms with Gasteiger partial charge in [-0.05, 0) is 43.1 Å². The van der Waals surface area contributed by atoms with Crippen LogP contribution in [0.4, 0.5) is 4.39 Å². The Kier molecular flexibility index (Phi) is 3.28. The van der Waals surface area contributed by atoms with Gasteiger partial charge in [-0.15, -0.1) is 0 Å². The Balaban J connectivity index is 2.02. The van der Waals surface area contributed by atoms with Crippen LogP contribution >= 0.6 is 0 Å². The minimum atomic E-state index is -1.19. The molecule has 3 nitrogen and oxygen atoms in total. The van der Waals surface area contributed by atoms with Gasteiger partial charge in [0.15, 0.2) is 0 Å². The van der Waals surface area contributed by atoms with E-state index in [2.05, 4.69) is 16.4 Å². The van der Waals surface area contributed by atoms with Crippen molar-refractivity contribution in [3.63, 3.8) is 0 Å². The predicted octanol–water partition coefficient (Wildman–Crippen LogP) is 2.32. The molecule has 1 aliphatic heterocycles. The van der Waals surface area contributed by atoms with Crippen molar-refractivity contribution in [3.8, 4) is 0 Å². The summed E-state index contributed by atoms with van der Waals surface area (Å²) in [5.41, 5.74) is 1.59. The highest BCUT2D eigenvalue weighted by Gasteiger charge is 2.38. The highest BCUT2D eigenvalue weighted by atomic mass is 19.1. The molecule has 4 heteroatoms. The average Bonchev–Trinajstić information content (AvgIpc) is 2.47. The van der Waals surface area contributed by atoms with E-state index in [0.717, 1.165) is 24.7 Å². The van der Waals surface area contributed by atoms with Gasteiger partial charge in [0.2, 0.25) is 0 Å². The molecule has 0 amide bonds. The molecule has 2 unspecified atom stereocenters. The van der Waals surface area contributed by atoms with E-state index in [1.54, 1.807) is 6.92 Å². The van der Waals surface area contributed by atoms with Gasteiger partial charge in [-0.1, -0.05) is 24.3 Å². The van der Waals surface area contributed by atoms with Crippen molar-refractivity contribution >= 4 is 0 Å². The zero-order valence-corrected chi connectivity index (χ0v) is 11.3. The number of halogens is 1. The molecule has 0 aliphatic carbocycles. The van der Waals surface area contributed by atoms with Gasteiger partial charge >= 0.3 is 0 Å². The number of nitrogens with one attached hydrogen (secondary N) is 1. The number of aliphatic hydroxyl groups is 1. The van der Waals surface area contributed by atoms with Crippen molar-refractivity contribution in [2.24, 2.45) is 0 Å². The van der Waals surface area contributed by atoms with E-state index in [1.807, 2.05) is 18.2 Å². The molecule has 104 valence electrons. The Hall–Kier alpha value is -1.78. The summed E-state index contributed by atoms with van der Waals surface area (Å²) in [6.07, 6.45) is 2.08. The molecule has 3 rings (SSSR count). The van der Waals surface area contributed by atoms with Crippen LogP contribution in [0, 0.1) is 5.82 Å². The van der Waals surface area contributed by atoms with Crippen LogP contribution in [0.3, 0.4) is 0 Å². The van der Waals surface area contributed by atoms with Gasteiger partial charge in [0.1, 0.15) is 11.4 Å². The first-order valence-electron chi connectivity index (χ1n) is 6.74. The molecule has 1 aromatic heterocycles. The summed E-state index contributed by atoms with van der Waals surface area (Å²) in [6, 6.07) is 10.7. The van der Waals surface area contributed by atoms with Gasteiger partial charge in [0, 0.05) is 0 Å². The van der Waals surface area contributed by atoms with Gasteiger partial charge in [-0.2, -0.15) is 0 Å². The molecule has 0 saturated carbocycles. The number of nitrogens with zero attached hydrogens (tertiary/aromatic N) is 1. The van der Waals surface area contributed by atoms with E-state index in [9.17, 15) is 9.50 Å². The van der Waals surface area contributed by atoms with Crippen LogP contribution in [0.15, 0.2) is 42.6 Å². The fourth-order valence-electron chi connectivity index (χ4n) is 2.83. The Labute approximate surface area is 117 Å². The molecular weight excluding hydrogens is 255 g/mol. The number of fused-ring (bicyclic) bond motifs is 1. The van der Waals surface area contributed by atoms with Gasteiger partial charge < -0.3 is 10.4 Å². The molecule has 0 saturated heterocycles. The third kappa shape index (κ3) is 2.21. The zero-order valence-electron chi connectivity index (χ0n) is 11.3. The third-order valence-electron chi connectivity index (χ3n) is 3.92. The molecule has 0 spiro atoms. The van der Waals surface area contributed by atoms with E-state index in [-0.39, 0.29) is 6.04 Å². The van der Waals surface area contributed by atoms with Crippen LogP contribution in [-0.2, 0) is 12.0 Å². The van der Waals surface area contributed by atoms with Crippen molar-refractivity contribution in [3.05, 3.63) is 65.2 Å². The Morgan fingerprint density at radius 1 is 1.30 bits per heavy atom. The third-order valence-corrected chi connectivity index (χ3v) is 3.92. The lowest BCUT2D eigenvalue weighted by molar-refractivity contribution is 0.00765. The van der Waals surface area contributed by atoms with Crippen LogP contribution in [0.5, 0.6) is 0 Å². The number of hydrogen-bond donors (Lipinski definition) is 2. The number of aromatic nitrogens is 1. The first kappa shape index (κ1) is 13.2. The second-order valence-corrected chi connectivity index (χ2v) is 5.35. The number of benzene rings is 1. The Bertz CT molecular complexity index is 610. The van der Waals surface area contributed by atoms with Crippen LogP contribution in [0.2, 0.25) is 0 Å². The van der Waals surface area contributed by atoms with Crippen LogP contribution < -0.4 is 5.32 Å². The van der Waals surface area contributed by atoms with Crippen molar-refractivity contribution in [2.45, 2.75) is 25.0 Å². The molecule has 1 aliphatic rings. The molecular formula is C16H17FN2O. The predicted molar refractivity (Wildman–Crippen MR) is 74.7 cm³/mol. The lowest BCUT2D eigenvalue weighted by Gasteiger charge is -2.37. The largest absolute Gasteiger partial charge is 0.382 e. The minimum absolute atomic E-state index is 0.245. The van der Waals surface area contributed by atoms with Gasteiger partial charge in [0.25, 0.3) is 0 Å². The molecule has 0 radical (unpaired) electrons. The number of rotatable bonds is 2. The molecule has 2 atom stereocenters. The van der Waals surface area contributed by atoms with Gasteiger partial charge in [-0.25, -0.2) is 4.39 Å². The summed E-state index contributed by atoms with van der Waals surface area (Å²) in [5.74, 6) is -0.401. The second-order valence-electron chi connectivity index (χ2n) is 5.35. The average molecular weight is 272 g/mol. The number of pyridine rings is 1. The van der Waals surface area contributed by atoms with Crippen LogP contribution in [0.25, 0.3) is 0 Å². The van der Waals surface area contributed by atoms with Crippen molar-refractivity contribution in [1.29, 1.82) is 0 Å². The quantitative estimate of drug-likeness (QED) is 0.882. The zero-order chi connectivity index (χ0) is 14.2. The minimum Gasteiger partial charge on any atom is -0.382 e. The highest BCUT2D eigenvalue weighted by molar-refractivity contribution is 5.36. The van der Waals surface area contributed by atoms with Gasteiger partial charge in [0.05, 0.1) is 17.9 Å². The second kappa shape index (κ2) is 4.96. The normalized spacial score (nSPS) is 21.1. The van der Waals surface area contributed by atoms with E-state index in [0.29, 0.717) is 5.69 Å². The summed E-state index contributed by atoms with van der Waals surface area (Å²) in [4.78, 5) is 4.03. The SMILES string of the molecule is CC(O)(c1ccc(F)cn1)C1NCCc2ccccc21. The van der Waals surface area contributed by atoms with E-state index in [4.69, 9.17) is 0 Å². The summed E-state index contributed by atoms with van der Waals surface area (Å²) < 4.78 is 13.0. The smallest absolute Gasteiger partial charge is 0.141 e. The fourth-order valence-corrected chi connectivity index (χ4v) is 2.83. The maximum atomic E-state index is 13.0. The van der Waals surface area contributed by atoms with E-state index >= 15 is 0 Å². The Morgan fingerprint density at radius 3 is 2.85 bits per heavy atom. The molecule has 1 aromatic carbocycles. The molecule has 2 aromatic rings. The standard InChI is InChI=1S/C16H17FN2O/c1-16(20,14-7-6-12(17)10-19-14)15-13-5-3-2-4-11(13)8-9-18-15/h2-7,10,15,18,20H,8-9H2,1H3. The van der Waals surface area contributed by atoms with Crippen molar-refractivity contribution in [2.75, 3.05) is 6.54 Å². The van der Waals surface area contributed by atoms with E-state index in [1.165, 1.54) is 17.7 Å². The van der Waals surface area contributed by atoms with Crippen molar-refractivity contribution < 1.29 is 9.50 Å². The van der Waals surface area contributed by atoms with Crippen molar-refractivity contribution in [1.82, 2.24) is 10.3 Å². The summed E-state index contributed by atoms with van der Waals surface area (Å²) in [6.45, 7) is 2.52. The fraction of sp³-hybridized carbons (Fsp3) is 0.312. The highest BCUT2D eigenvalue weighted by Crippen LogP contribution is 2.37. The van der Waals surface area contributed by atoms with E-state index < -0.39 is 11.4 Å². The molecule has 0 fully saturated rings. The first-order chi connectivity index (χ1) is 9.59. The molecule has 0 bridgehead atoms. The summed E-state index contributed by atoms with van der Waals surface area (Å²) in [7, 11) is 0.